The second-order valence-corrected chi connectivity index (χ2v) is 5.50. The maximum atomic E-state index is 13.8. The minimum atomic E-state index is -0.129. The normalized spacial score (nSPS) is 29.1. The van der Waals surface area contributed by atoms with Crippen LogP contribution in [0.3, 0.4) is 0 Å². The van der Waals surface area contributed by atoms with Gasteiger partial charge in [-0.1, -0.05) is 32.8 Å². The summed E-state index contributed by atoms with van der Waals surface area (Å²) < 4.78 is 13.8. The van der Waals surface area contributed by atoms with Crippen LogP contribution in [0, 0.1) is 24.6 Å². The van der Waals surface area contributed by atoms with E-state index in [0.717, 1.165) is 17.9 Å². The van der Waals surface area contributed by atoms with E-state index in [2.05, 4.69) is 19.2 Å². The molecular formula is C15H22FN. The number of anilines is 1. The van der Waals surface area contributed by atoms with Crippen molar-refractivity contribution in [3.63, 3.8) is 0 Å². The first-order chi connectivity index (χ1) is 8.08. The summed E-state index contributed by atoms with van der Waals surface area (Å²) >= 11 is 0. The van der Waals surface area contributed by atoms with E-state index in [1.54, 1.807) is 6.07 Å². The molecule has 1 saturated carbocycles. The van der Waals surface area contributed by atoms with Crippen molar-refractivity contribution in [2.24, 2.45) is 11.8 Å². The Morgan fingerprint density at radius 3 is 2.71 bits per heavy atom. The summed E-state index contributed by atoms with van der Waals surface area (Å²) in [5, 5.41) is 3.38. The number of nitrogens with one attached hydrogen (secondary N) is 1. The zero-order valence-electron chi connectivity index (χ0n) is 11.0. The monoisotopic (exact) mass is 235 g/mol. The fourth-order valence-corrected chi connectivity index (χ4v) is 2.72. The molecule has 1 aromatic rings. The first-order valence-corrected chi connectivity index (χ1v) is 6.60. The van der Waals surface area contributed by atoms with Crippen LogP contribution in [0.25, 0.3) is 0 Å². The molecule has 0 amide bonds. The molecule has 3 unspecified atom stereocenters. The van der Waals surface area contributed by atoms with Crippen molar-refractivity contribution in [2.45, 2.75) is 46.1 Å². The summed E-state index contributed by atoms with van der Waals surface area (Å²) in [6.45, 7) is 6.48. The molecule has 1 aliphatic carbocycles. The quantitative estimate of drug-likeness (QED) is 0.802. The van der Waals surface area contributed by atoms with E-state index in [4.69, 9.17) is 0 Å². The molecule has 1 fully saturated rings. The average molecular weight is 235 g/mol. The summed E-state index contributed by atoms with van der Waals surface area (Å²) in [6.07, 6.45) is 3.70. The van der Waals surface area contributed by atoms with Gasteiger partial charge in [-0.2, -0.15) is 0 Å². The van der Waals surface area contributed by atoms with Crippen LogP contribution in [0.2, 0.25) is 0 Å². The van der Waals surface area contributed by atoms with Gasteiger partial charge in [0.2, 0.25) is 0 Å². The van der Waals surface area contributed by atoms with Crippen molar-refractivity contribution >= 4 is 5.69 Å². The molecule has 0 spiro atoms. The maximum Gasteiger partial charge on any atom is 0.146 e. The Morgan fingerprint density at radius 2 is 2.00 bits per heavy atom. The lowest BCUT2D eigenvalue weighted by atomic mass is 9.78. The zero-order chi connectivity index (χ0) is 12.4. The van der Waals surface area contributed by atoms with Crippen molar-refractivity contribution < 1.29 is 4.39 Å². The van der Waals surface area contributed by atoms with Gasteiger partial charge in [0.25, 0.3) is 0 Å². The lowest BCUT2D eigenvalue weighted by molar-refractivity contribution is 0.253. The third-order valence-corrected chi connectivity index (χ3v) is 4.17. The van der Waals surface area contributed by atoms with Crippen LogP contribution in [0.5, 0.6) is 0 Å². The smallest absolute Gasteiger partial charge is 0.146 e. The van der Waals surface area contributed by atoms with Gasteiger partial charge >= 0.3 is 0 Å². The lowest BCUT2D eigenvalue weighted by Gasteiger charge is -2.35. The van der Waals surface area contributed by atoms with E-state index < -0.39 is 0 Å². The van der Waals surface area contributed by atoms with E-state index in [-0.39, 0.29) is 5.82 Å². The van der Waals surface area contributed by atoms with Gasteiger partial charge in [-0.05, 0) is 42.9 Å². The van der Waals surface area contributed by atoms with Gasteiger partial charge in [-0.15, -0.1) is 0 Å². The SMILES string of the molecule is Cc1ccc(NC2CCCC(C)C2C)c(F)c1. The van der Waals surface area contributed by atoms with Crippen LogP contribution in [-0.2, 0) is 0 Å². The topological polar surface area (TPSA) is 12.0 Å². The van der Waals surface area contributed by atoms with E-state index in [1.807, 2.05) is 19.1 Å². The summed E-state index contributed by atoms with van der Waals surface area (Å²) in [5.74, 6) is 1.22. The molecule has 0 heterocycles. The Morgan fingerprint density at radius 1 is 1.24 bits per heavy atom. The third kappa shape index (κ3) is 2.80. The number of aryl methyl sites for hydroxylation is 1. The second-order valence-electron chi connectivity index (χ2n) is 5.50. The minimum absolute atomic E-state index is 0.129. The standard InChI is InChI=1S/C15H22FN/c1-10-7-8-15(13(16)9-10)17-14-6-4-5-11(2)12(14)3/h7-9,11-12,14,17H,4-6H2,1-3H3. The third-order valence-electron chi connectivity index (χ3n) is 4.17. The molecule has 1 aromatic carbocycles. The van der Waals surface area contributed by atoms with Crippen LogP contribution in [0.15, 0.2) is 18.2 Å². The molecular weight excluding hydrogens is 213 g/mol. The van der Waals surface area contributed by atoms with Gasteiger partial charge in [0.1, 0.15) is 5.82 Å². The Balaban J connectivity index is 2.09. The number of hydrogen-bond donors (Lipinski definition) is 1. The highest BCUT2D eigenvalue weighted by molar-refractivity contribution is 5.47. The first kappa shape index (κ1) is 12.4. The predicted octanol–water partition coefficient (Wildman–Crippen LogP) is 4.37. The van der Waals surface area contributed by atoms with E-state index in [1.165, 1.54) is 12.8 Å². The predicted molar refractivity (Wildman–Crippen MR) is 70.7 cm³/mol. The average Bonchev–Trinajstić information content (AvgIpc) is 2.28. The first-order valence-electron chi connectivity index (χ1n) is 6.60. The summed E-state index contributed by atoms with van der Waals surface area (Å²) in [7, 11) is 0. The Bertz CT molecular complexity index is 389. The fraction of sp³-hybridized carbons (Fsp3) is 0.600. The molecule has 1 N–H and O–H groups in total. The molecule has 0 saturated heterocycles. The number of rotatable bonds is 2. The molecule has 2 heteroatoms. The molecule has 0 bridgehead atoms. The fourth-order valence-electron chi connectivity index (χ4n) is 2.72. The Labute approximate surface area is 103 Å². The van der Waals surface area contributed by atoms with Crippen LogP contribution >= 0.6 is 0 Å². The zero-order valence-corrected chi connectivity index (χ0v) is 11.0. The highest BCUT2D eigenvalue weighted by Gasteiger charge is 2.27. The summed E-state index contributed by atoms with van der Waals surface area (Å²) in [5.41, 5.74) is 1.62. The van der Waals surface area contributed by atoms with Crippen LogP contribution in [-0.4, -0.2) is 6.04 Å². The van der Waals surface area contributed by atoms with Crippen LogP contribution in [0.1, 0.15) is 38.7 Å². The summed E-state index contributed by atoms with van der Waals surface area (Å²) in [6, 6.07) is 5.83. The second kappa shape index (κ2) is 5.07. The molecule has 2 rings (SSSR count). The lowest BCUT2D eigenvalue weighted by Crippen LogP contribution is -2.35. The van der Waals surface area contributed by atoms with Crippen molar-refractivity contribution in [1.29, 1.82) is 0 Å². The maximum absolute atomic E-state index is 13.8. The van der Waals surface area contributed by atoms with Gasteiger partial charge in [0, 0.05) is 6.04 Å². The van der Waals surface area contributed by atoms with E-state index >= 15 is 0 Å². The van der Waals surface area contributed by atoms with Gasteiger partial charge in [0.05, 0.1) is 5.69 Å². The van der Waals surface area contributed by atoms with Gasteiger partial charge < -0.3 is 5.32 Å². The highest BCUT2D eigenvalue weighted by atomic mass is 19.1. The molecule has 94 valence electrons. The van der Waals surface area contributed by atoms with Crippen LogP contribution in [0.4, 0.5) is 10.1 Å². The minimum Gasteiger partial charge on any atom is -0.380 e. The molecule has 1 nitrogen and oxygen atoms in total. The van der Waals surface area contributed by atoms with Crippen molar-refractivity contribution in [1.82, 2.24) is 0 Å². The van der Waals surface area contributed by atoms with Crippen molar-refractivity contribution in [2.75, 3.05) is 5.32 Å². The molecule has 17 heavy (non-hydrogen) atoms. The number of hydrogen-bond acceptors (Lipinski definition) is 1. The van der Waals surface area contributed by atoms with E-state index in [0.29, 0.717) is 17.6 Å². The van der Waals surface area contributed by atoms with Gasteiger partial charge in [-0.25, -0.2) is 4.39 Å². The van der Waals surface area contributed by atoms with Crippen LogP contribution < -0.4 is 5.32 Å². The number of halogens is 1. The van der Waals surface area contributed by atoms with Crippen molar-refractivity contribution in [3.05, 3.63) is 29.6 Å². The largest absolute Gasteiger partial charge is 0.380 e. The Kier molecular flexibility index (Phi) is 3.70. The molecule has 1 aliphatic rings. The molecule has 0 aliphatic heterocycles. The van der Waals surface area contributed by atoms with E-state index in [9.17, 15) is 4.39 Å². The Hall–Kier alpha value is -1.05. The number of benzene rings is 1. The summed E-state index contributed by atoms with van der Waals surface area (Å²) in [4.78, 5) is 0. The van der Waals surface area contributed by atoms with Gasteiger partial charge in [-0.3, -0.25) is 0 Å². The molecule has 3 atom stereocenters. The molecule has 0 radical (unpaired) electrons. The van der Waals surface area contributed by atoms with Crippen molar-refractivity contribution in [3.8, 4) is 0 Å². The van der Waals surface area contributed by atoms with Gasteiger partial charge in [0.15, 0.2) is 0 Å². The molecule has 0 aromatic heterocycles. The highest BCUT2D eigenvalue weighted by Crippen LogP contribution is 2.32.